The summed E-state index contributed by atoms with van der Waals surface area (Å²) in [6.45, 7) is 10.7. The van der Waals surface area contributed by atoms with Gasteiger partial charge in [0.1, 0.15) is 0 Å². The monoisotopic (exact) mass is 300 g/mol. The van der Waals surface area contributed by atoms with Crippen LogP contribution in [-0.4, -0.2) is 41.6 Å². The smallest absolute Gasteiger partial charge is 0.317 e. The number of carboxylic acids is 1. The number of rotatable bonds is 11. The van der Waals surface area contributed by atoms with Crippen LogP contribution in [0.15, 0.2) is 0 Å². The number of amides is 2. The van der Waals surface area contributed by atoms with Crippen LogP contribution < -0.4 is 5.32 Å². The molecule has 5 nitrogen and oxygen atoms in total. The Morgan fingerprint density at radius 2 is 1.52 bits per heavy atom. The van der Waals surface area contributed by atoms with Crippen molar-refractivity contribution in [2.24, 2.45) is 11.8 Å². The van der Waals surface area contributed by atoms with E-state index in [9.17, 15) is 9.59 Å². The van der Waals surface area contributed by atoms with Gasteiger partial charge >= 0.3 is 12.0 Å². The molecule has 0 spiro atoms. The lowest BCUT2D eigenvalue weighted by Crippen LogP contribution is -2.42. The zero-order valence-electron chi connectivity index (χ0n) is 14.0. The number of carbonyl (C=O) groups is 2. The van der Waals surface area contributed by atoms with Crippen LogP contribution in [0.3, 0.4) is 0 Å². The van der Waals surface area contributed by atoms with Crippen molar-refractivity contribution in [1.82, 2.24) is 10.2 Å². The van der Waals surface area contributed by atoms with Crippen LogP contribution in [-0.2, 0) is 4.79 Å². The van der Waals surface area contributed by atoms with Crippen molar-refractivity contribution < 1.29 is 14.7 Å². The minimum atomic E-state index is -0.781. The Hall–Kier alpha value is -1.26. The molecule has 0 aromatic heterocycles. The second kappa shape index (κ2) is 11.4. The van der Waals surface area contributed by atoms with Crippen molar-refractivity contribution in [3.8, 4) is 0 Å². The zero-order valence-corrected chi connectivity index (χ0v) is 14.0. The molecule has 2 N–H and O–H groups in total. The molecule has 124 valence electrons. The first-order valence-corrected chi connectivity index (χ1v) is 8.07. The van der Waals surface area contributed by atoms with Crippen LogP contribution in [0.4, 0.5) is 4.79 Å². The van der Waals surface area contributed by atoms with E-state index >= 15 is 0 Å². The summed E-state index contributed by atoms with van der Waals surface area (Å²) in [6, 6.07) is -0.0216. The Morgan fingerprint density at radius 1 is 1.00 bits per heavy atom. The Kier molecular flexibility index (Phi) is 10.7. The summed E-state index contributed by atoms with van der Waals surface area (Å²) in [4.78, 5) is 24.5. The molecule has 5 heteroatoms. The minimum Gasteiger partial charge on any atom is -0.481 e. The lowest BCUT2D eigenvalue weighted by atomic mass is 10.1. The first-order chi connectivity index (χ1) is 9.82. The van der Waals surface area contributed by atoms with E-state index in [1.54, 1.807) is 0 Å². The third-order valence-electron chi connectivity index (χ3n) is 3.33. The highest BCUT2D eigenvalue weighted by atomic mass is 16.4. The van der Waals surface area contributed by atoms with Gasteiger partial charge in [-0.05, 0) is 37.5 Å². The molecule has 0 atom stereocenters. The summed E-state index contributed by atoms with van der Waals surface area (Å²) >= 11 is 0. The molecule has 0 aromatic rings. The van der Waals surface area contributed by atoms with Gasteiger partial charge in [-0.25, -0.2) is 4.79 Å². The van der Waals surface area contributed by atoms with Crippen molar-refractivity contribution in [2.45, 2.75) is 59.8 Å². The molecular formula is C16H32N2O3. The molecule has 0 unspecified atom stereocenters. The van der Waals surface area contributed by atoms with E-state index < -0.39 is 5.97 Å². The van der Waals surface area contributed by atoms with E-state index in [2.05, 4.69) is 33.0 Å². The summed E-state index contributed by atoms with van der Waals surface area (Å²) in [7, 11) is 0. The van der Waals surface area contributed by atoms with Crippen LogP contribution in [0.5, 0.6) is 0 Å². The SMILES string of the molecule is CC(C)CCN(CCC(C)C)C(=O)NCCCCC(=O)O. The Labute approximate surface area is 129 Å². The van der Waals surface area contributed by atoms with Gasteiger partial charge in [-0.1, -0.05) is 27.7 Å². The maximum absolute atomic E-state index is 12.2. The van der Waals surface area contributed by atoms with Gasteiger partial charge in [-0.2, -0.15) is 0 Å². The summed E-state index contributed by atoms with van der Waals surface area (Å²) in [5, 5.41) is 11.5. The average Bonchev–Trinajstić information content (AvgIpc) is 2.37. The van der Waals surface area contributed by atoms with E-state index in [1.165, 1.54) is 0 Å². The van der Waals surface area contributed by atoms with Crippen molar-refractivity contribution in [3.05, 3.63) is 0 Å². The lowest BCUT2D eigenvalue weighted by molar-refractivity contribution is -0.137. The number of nitrogens with zero attached hydrogens (tertiary/aromatic N) is 1. The van der Waals surface area contributed by atoms with Crippen LogP contribution in [0.2, 0.25) is 0 Å². The number of urea groups is 1. The quantitative estimate of drug-likeness (QED) is 0.575. The first kappa shape index (κ1) is 19.7. The number of hydrogen-bond donors (Lipinski definition) is 2. The maximum atomic E-state index is 12.2. The minimum absolute atomic E-state index is 0.0216. The van der Waals surface area contributed by atoms with Gasteiger partial charge < -0.3 is 15.3 Å². The van der Waals surface area contributed by atoms with Gasteiger partial charge in [-0.3, -0.25) is 4.79 Å². The summed E-state index contributed by atoms with van der Waals surface area (Å²) < 4.78 is 0. The summed E-state index contributed by atoms with van der Waals surface area (Å²) in [5.41, 5.74) is 0. The molecule has 0 heterocycles. The largest absolute Gasteiger partial charge is 0.481 e. The zero-order chi connectivity index (χ0) is 16.3. The van der Waals surface area contributed by atoms with Gasteiger partial charge in [0.2, 0.25) is 0 Å². The Balaban J connectivity index is 4.07. The predicted molar refractivity (Wildman–Crippen MR) is 85.4 cm³/mol. The highest BCUT2D eigenvalue weighted by molar-refractivity contribution is 5.74. The molecule has 0 aliphatic rings. The van der Waals surface area contributed by atoms with E-state index in [4.69, 9.17) is 5.11 Å². The molecule has 2 amide bonds. The lowest BCUT2D eigenvalue weighted by Gasteiger charge is -2.24. The normalized spacial score (nSPS) is 11.0. The molecule has 0 saturated heterocycles. The number of hydrogen-bond acceptors (Lipinski definition) is 2. The Bertz CT molecular complexity index is 292. The Morgan fingerprint density at radius 3 is 1.95 bits per heavy atom. The molecule has 0 aromatic carbocycles. The van der Waals surface area contributed by atoms with Gasteiger partial charge in [0.05, 0.1) is 0 Å². The maximum Gasteiger partial charge on any atom is 0.317 e. The fraction of sp³-hybridized carbons (Fsp3) is 0.875. The summed E-state index contributed by atoms with van der Waals surface area (Å²) in [5.74, 6) is 0.377. The number of carbonyl (C=O) groups excluding carboxylic acids is 1. The van der Waals surface area contributed by atoms with Crippen LogP contribution in [0.25, 0.3) is 0 Å². The van der Waals surface area contributed by atoms with Crippen LogP contribution in [0.1, 0.15) is 59.8 Å². The molecule has 21 heavy (non-hydrogen) atoms. The topological polar surface area (TPSA) is 69.6 Å². The third kappa shape index (κ3) is 12.2. The molecule has 0 saturated carbocycles. The highest BCUT2D eigenvalue weighted by Crippen LogP contribution is 2.07. The van der Waals surface area contributed by atoms with Gasteiger partial charge in [0.15, 0.2) is 0 Å². The molecule has 0 rings (SSSR count). The standard InChI is InChI=1S/C16H32N2O3/c1-13(2)8-11-18(12-9-14(3)4)16(21)17-10-6-5-7-15(19)20/h13-14H,5-12H2,1-4H3,(H,17,21)(H,19,20). The van der Waals surface area contributed by atoms with Crippen molar-refractivity contribution >= 4 is 12.0 Å². The van der Waals surface area contributed by atoms with E-state index in [0.29, 0.717) is 31.2 Å². The van der Waals surface area contributed by atoms with Gasteiger partial charge in [0.25, 0.3) is 0 Å². The van der Waals surface area contributed by atoms with Crippen molar-refractivity contribution in [3.63, 3.8) is 0 Å². The number of carboxylic acid groups (broad SMARTS) is 1. The molecule has 0 aliphatic carbocycles. The van der Waals surface area contributed by atoms with E-state index in [0.717, 1.165) is 25.9 Å². The van der Waals surface area contributed by atoms with Gasteiger partial charge in [-0.15, -0.1) is 0 Å². The van der Waals surface area contributed by atoms with Gasteiger partial charge in [0, 0.05) is 26.1 Å². The third-order valence-corrected chi connectivity index (χ3v) is 3.33. The number of aliphatic carboxylic acids is 1. The number of nitrogens with one attached hydrogen (secondary N) is 1. The van der Waals surface area contributed by atoms with E-state index in [-0.39, 0.29) is 12.5 Å². The van der Waals surface area contributed by atoms with Crippen LogP contribution in [0, 0.1) is 11.8 Å². The van der Waals surface area contributed by atoms with E-state index in [1.807, 2.05) is 4.90 Å². The fourth-order valence-corrected chi connectivity index (χ4v) is 1.85. The molecule has 0 bridgehead atoms. The highest BCUT2D eigenvalue weighted by Gasteiger charge is 2.13. The van der Waals surface area contributed by atoms with Crippen molar-refractivity contribution in [1.29, 1.82) is 0 Å². The average molecular weight is 300 g/mol. The van der Waals surface area contributed by atoms with Crippen LogP contribution >= 0.6 is 0 Å². The molecule has 0 aliphatic heterocycles. The molecule has 0 radical (unpaired) electrons. The molecular weight excluding hydrogens is 268 g/mol. The summed E-state index contributed by atoms with van der Waals surface area (Å²) in [6.07, 6.45) is 3.49. The number of unbranched alkanes of at least 4 members (excludes halogenated alkanes) is 1. The fourth-order valence-electron chi connectivity index (χ4n) is 1.85. The second-order valence-corrected chi connectivity index (χ2v) is 6.43. The van der Waals surface area contributed by atoms with Crippen molar-refractivity contribution in [2.75, 3.05) is 19.6 Å². The molecule has 0 fully saturated rings. The second-order valence-electron chi connectivity index (χ2n) is 6.43. The predicted octanol–water partition coefficient (Wildman–Crippen LogP) is 3.35. The first-order valence-electron chi connectivity index (χ1n) is 8.07.